The molecule has 0 spiro atoms. The molecule has 2 aromatic rings. The Kier molecular flexibility index (Phi) is 3.06. The first-order valence-electron chi connectivity index (χ1n) is 5.38. The van der Waals surface area contributed by atoms with Gasteiger partial charge in [0.15, 0.2) is 0 Å². The second-order valence-corrected chi connectivity index (χ2v) is 3.67. The standard InChI is InChI=1S/C12H13N5/c1-3-10-12(8-17(2)16-10)15-11-7-14-5-4-9(11)6-13/h4-5,7-8,15H,3H2,1-2H3. The summed E-state index contributed by atoms with van der Waals surface area (Å²) in [6, 6.07) is 3.82. The molecule has 0 aliphatic rings. The second-order valence-electron chi connectivity index (χ2n) is 3.67. The quantitative estimate of drug-likeness (QED) is 0.870. The summed E-state index contributed by atoms with van der Waals surface area (Å²) in [6.07, 6.45) is 5.98. The van der Waals surface area contributed by atoms with E-state index in [0.29, 0.717) is 11.3 Å². The number of aromatic nitrogens is 3. The van der Waals surface area contributed by atoms with Crippen molar-refractivity contribution in [3.05, 3.63) is 35.9 Å². The molecular weight excluding hydrogens is 214 g/mol. The third-order valence-corrected chi connectivity index (χ3v) is 2.45. The molecule has 0 fully saturated rings. The van der Waals surface area contributed by atoms with Crippen molar-refractivity contribution in [1.82, 2.24) is 14.8 Å². The van der Waals surface area contributed by atoms with Gasteiger partial charge in [-0.3, -0.25) is 9.67 Å². The number of hydrogen-bond acceptors (Lipinski definition) is 4. The van der Waals surface area contributed by atoms with Crippen molar-refractivity contribution in [2.75, 3.05) is 5.32 Å². The number of rotatable bonds is 3. The Morgan fingerprint density at radius 1 is 1.47 bits per heavy atom. The van der Waals surface area contributed by atoms with Crippen molar-refractivity contribution in [3.8, 4) is 6.07 Å². The van der Waals surface area contributed by atoms with E-state index in [2.05, 4.69) is 21.5 Å². The molecule has 0 amide bonds. The molecule has 0 aliphatic carbocycles. The van der Waals surface area contributed by atoms with Crippen LogP contribution < -0.4 is 5.32 Å². The predicted octanol–water partition coefficient (Wildman–Crippen LogP) is 1.99. The topological polar surface area (TPSA) is 66.5 Å². The zero-order valence-corrected chi connectivity index (χ0v) is 9.81. The minimum absolute atomic E-state index is 0.575. The van der Waals surface area contributed by atoms with Crippen LogP contribution in [0.5, 0.6) is 0 Å². The summed E-state index contributed by atoms with van der Waals surface area (Å²) in [5.74, 6) is 0. The first kappa shape index (κ1) is 11.1. The summed E-state index contributed by atoms with van der Waals surface area (Å²) in [5.41, 5.74) is 3.17. The summed E-state index contributed by atoms with van der Waals surface area (Å²) in [6.45, 7) is 2.04. The molecule has 0 bridgehead atoms. The van der Waals surface area contributed by atoms with Crippen LogP contribution in [-0.4, -0.2) is 14.8 Å². The highest BCUT2D eigenvalue weighted by Gasteiger charge is 2.08. The van der Waals surface area contributed by atoms with Gasteiger partial charge in [0.05, 0.1) is 28.8 Å². The Labute approximate surface area is 99.7 Å². The maximum absolute atomic E-state index is 8.99. The fraction of sp³-hybridized carbons (Fsp3) is 0.250. The number of anilines is 2. The third-order valence-electron chi connectivity index (χ3n) is 2.45. The van der Waals surface area contributed by atoms with Crippen LogP contribution in [0.25, 0.3) is 0 Å². The zero-order chi connectivity index (χ0) is 12.3. The van der Waals surface area contributed by atoms with E-state index in [1.165, 1.54) is 0 Å². The van der Waals surface area contributed by atoms with Gasteiger partial charge in [-0.15, -0.1) is 0 Å². The predicted molar refractivity (Wildman–Crippen MR) is 64.8 cm³/mol. The van der Waals surface area contributed by atoms with E-state index in [0.717, 1.165) is 17.8 Å². The SMILES string of the molecule is CCc1nn(C)cc1Nc1cnccc1C#N. The Bertz CT molecular complexity index is 565. The van der Waals surface area contributed by atoms with Gasteiger partial charge >= 0.3 is 0 Å². The van der Waals surface area contributed by atoms with E-state index >= 15 is 0 Å². The molecule has 0 atom stereocenters. The smallest absolute Gasteiger partial charge is 0.101 e. The Balaban J connectivity index is 2.35. The summed E-state index contributed by atoms with van der Waals surface area (Å²) in [5, 5.41) is 16.5. The maximum atomic E-state index is 8.99. The maximum Gasteiger partial charge on any atom is 0.101 e. The van der Waals surface area contributed by atoms with Crippen molar-refractivity contribution in [3.63, 3.8) is 0 Å². The van der Waals surface area contributed by atoms with Crippen LogP contribution in [0, 0.1) is 11.3 Å². The van der Waals surface area contributed by atoms with Crippen LogP contribution in [0.15, 0.2) is 24.7 Å². The summed E-state index contributed by atoms with van der Waals surface area (Å²) >= 11 is 0. The Morgan fingerprint density at radius 2 is 2.29 bits per heavy atom. The average molecular weight is 227 g/mol. The molecule has 0 aromatic carbocycles. The van der Waals surface area contributed by atoms with Crippen LogP contribution in [0.2, 0.25) is 0 Å². The molecule has 0 aliphatic heterocycles. The Hall–Kier alpha value is -2.35. The molecule has 1 N–H and O–H groups in total. The summed E-state index contributed by atoms with van der Waals surface area (Å²) in [7, 11) is 1.87. The largest absolute Gasteiger partial charge is 0.350 e. The zero-order valence-electron chi connectivity index (χ0n) is 9.81. The molecule has 0 unspecified atom stereocenters. The van der Waals surface area contributed by atoms with Gasteiger partial charge in [0.2, 0.25) is 0 Å². The average Bonchev–Trinajstić information content (AvgIpc) is 2.70. The summed E-state index contributed by atoms with van der Waals surface area (Å²) in [4.78, 5) is 4.01. The highest BCUT2D eigenvalue weighted by atomic mass is 15.3. The number of nitriles is 1. The van der Waals surface area contributed by atoms with Crippen LogP contribution in [0.1, 0.15) is 18.2 Å². The molecular formula is C12H13N5. The minimum Gasteiger partial charge on any atom is -0.350 e. The van der Waals surface area contributed by atoms with E-state index in [9.17, 15) is 0 Å². The third kappa shape index (κ3) is 2.26. The van der Waals surface area contributed by atoms with Gasteiger partial charge in [-0.25, -0.2) is 0 Å². The van der Waals surface area contributed by atoms with Gasteiger partial charge in [0, 0.05) is 19.4 Å². The van der Waals surface area contributed by atoms with Gasteiger partial charge < -0.3 is 5.32 Å². The van der Waals surface area contributed by atoms with Crippen LogP contribution in [0.3, 0.4) is 0 Å². The normalized spacial score (nSPS) is 9.94. The number of nitrogens with zero attached hydrogens (tertiary/aromatic N) is 4. The first-order valence-corrected chi connectivity index (χ1v) is 5.38. The van der Waals surface area contributed by atoms with Crippen LogP contribution in [-0.2, 0) is 13.5 Å². The molecule has 0 saturated carbocycles. The lowest BCUT2D eigenvalue weighted by Crippen LogP contribution is -1.96. The molecule has 0 radical (unpaired) electrons. The molecule has 0 saturated heterocycles. The van der Waals surface area contributed by atoms with E-state index in [-0.39, 0.29) is 0 Å². The van der Waals surface area contributed by atoms with E-state index in [4.69, 9.17) is 5.26 Å². The lowest BCUT2D eigenvalue weighted by molar-refractivity contribution is 0.746. The van der Waals surface area contributed by atoms with Gasteiger partial charge in [0.1, 0.15) is 6.07 Å². The second kappa shape index (κ2) is 4.66. The molecule has 5 heteroatoms. The Morgan fingerprint density at radius 3 is 3.00 bits per heavy atom. The van der Waals surface area contributed by atoms with Gasteiger partial charge in [-0.1, -0.05) is 6.92 Å². The number of hydrogen-bond donors (Lipinski definition) is 1. The van der Waals surface area contributed by atoms with Gasteiger partial charge in [-0.2, -0.15) is 10.4 Å². The molecule has 2 heterocycles. The lowest BCUT2D eigenvalue weighted by atomic mass is 10.2. The highest BCUT2D eigenvalue weighted by molar-refractivity contribution is 5.66. The number of aryl methyl sites for hydroxylation is 2. The highest BCUT2D eigenvalue weighted by Crippen LogP contribution is 2.22. The molecule has 2 rings (SSSR count). The van der Waals surface area contributed by atoms with Crippen LogP contribution >= 0.6 is 0 Å². The molecule has 17 heavy (non-hydrogen) atoms. The van der Waals surface area contributed by atoms with E-state index < -0.39 is 0 Å². The van der Waals surface area contributed by atoms with Crippen molar-refractivity contribution < 1.29 is 0 Å². The fourth-order valence-corrected chi connectivity index (χ4v) is 1.64. The number of nitrogens with one attached hydrogen (secondary N) is 1. The van der Waals surface area contributed by atoms with Crippen molar-refractivity contribution in [1.29, 1.82) is 5.26 Å². The molecule has 2 aromatic heterocycles. The monoisotopic (exact) mass is 227 g/mol. The molecule has 5 nitrogen and oxygen atoms in total. The van der Waals surface area contributed by atoms with Crippen molar-refractivity contribution in [2.24, 2.45) is 7.05 Å². The van der Waals surface area contributed by atoms with E-state index in [1.807, 2.05) is 20.2 Å². The number of pyridine rings is 1. The van der Waals surface area contributed by atoms with Crippen LogP contribution in [0.4, 0.5) is 11.4 Å². The van der Waals surface area contributed by atoms with Gasteiger partial charge in [-0.05, 0) is 12.5 Å². The van der Waals surface area contributed by atoms with Crippen molar-refractivity contribution in [2.45, 2.75) is 13.3 Å². The lowest BCUT2D eigenvalue weighted by Gasteiger charge is -2.06. The molecule has 86 valence electrons. The first-order chi connectivity index (χ1) is 8.24. The fourth-order valence-electron chi connectivity index (χ4n) is 1.64. The van der Waals surface area contributed by atoms with Gasteiger partial charge in [0.25, 0.3) is 0 Å². The van der Waals surface area contributed by atoms with Crippen molar-refractivity contribution >= 4 is 11.4 Å². The van der Waals surface area contributed by atoms with E-state index in [1.54, 1.807) is 23.1 Å². The summed E-state index contributed by atoms with van der Waals surface area (Å²) < 4.78 is 1.75. The minimum atomic E-state index is 0.575.